The monoisotopic (exact) mass is 351 g/mol. The number of nitrogens with one attached hydrogen (secondary N) is 1. The van der Waals surface area contributed by atoms with Crippen molar-refractivity contribution in [1.29, 1.82) is 0 Å². The van der Waals surface area contributed by atoms with Crippen molar-refractivity contribution in [1.82, 2.24) is 5.32 Å². The van der Waals surface area contributed by atoms with Gasteiger partial charge in [-0.15, -0.1) is 0 Å². The Hall–Kier alpha value is -1.26. The van der Waals surface area contributed by atoms with E-state index in [0.717, 1.165) is 6.42 Å². The Morgan fingerprint density at radius 3 is 2.52 bits per heavy atom. The van der Waals surface area contributed by atoms with Gasteiger partial charge in [0.1, 0.15) is 11.6 Å². The Kier molecular flexibility index (Phi) is 4.09. The maximum Gasteiger partial charge on any atom is 0.145 e. The highest BCUT2D eigenvalue weighted by molar-refractivity contribution is 9.10. The van der Waals surface area contributed by atoms with Gasteiger partial charge in [-0.2, -0.15) is 0 Å². The predicted octanol–water partition coefficient (Wildman–Crippen LogP) is 4.79. The Bertz CT molecular complexity index is 645. The van der Waals surface area contributed by atoms with Gasteiger partial charge in [-0.05, 0) is 58.9 Å². The van der Waals surface area contributed by atoms with Crippen molar-refractivity contribution in [3.8, 4) is 0 Å². The lowest BCUT2D eigenvalue weighted by Gasteiger charge is -2.19. The summed E-state index contributed by atoms with van der Waals surface area (Å²) < 4.78 is 28.7. The van der Waals surface area contributed by atoms with E-state index in [1.165, 1.54) is 17.7 Å². The van der Waals surface area contributed by atoms with Gasteiger partial charge in [0.15, 0.2) is 0 Å². The van der Waals surface area contributed by atoms with Crippen LogP contribution < -0.4 is 5.32 Å². The fraction of sp³-hybridized carbons (Fsp3) is 0.294. The first-order valence-corrected chi connectivity index (χ1v) is 7.78. The van der Waals surface area contributed by atoms with Crippen LogP contribution in [0.15, 0.2) is 46.9 Å². The summed E-state index contributed by atoms with van der Waals surface area (Å²) >= 11 is 3.14. The zero-order valence-corrected chi connectivity index (χ0v) is 13.2. The number of hydrogen-bond donors (Lipinski definition) is 1. The van der Waals surface area contributed by atoms with Crippen LogP contribution in [-0.4, -0.2) is 7.05 Å². The minimum absolute atomic E-state index is 0.135. The average molecular weight is 352 g/mol. The molecular weight excluding hydrogens is 336 g/mol. The molecule has 2 aromatic rings. The molecule has 110 valence electrons. The van der Waals surface area contributed by atoms with Gasteiger partial charge in [0, 0.05) is 11.6 Å². The highest BCUT2D eigenvalue weighted by Crippen LogP contribution is 2.54. The van der Waals surface area contributed by atoms with Gasteiger partial charge >= 0.3 is 0 Å². The summed E-state index contributed by atoms with van der Waals surface area (Å²) in [5, 5.41) is 3.09. The van der Waals surface area contributed by atoms with Gasteiger partial charge in [-0.3, -0.25) is 0 Å². The molecule has 0 aromatic heterocycles. The molecule has 1 saturated carbocycles. The molecule has 4 heteroatoms. The summed E-state index contributed by atoms with van der Waals surface area (Å²) in [6, 6.07) is 12.5. The fourth-order valence-electron chi connectivity index (χ4n) is 3.07. The summed E-state index contributed by atoms with van der Waals surface area (Å²) in [7, 11) is 1.75. The smallest absolute Gasteiger partial charge is 0.145 e. The van der Waals surface area contributed by atoms with Crippen LogP contribution >= 0.6 is 15.9 Å². The van der Waals surface area contributed by atoms with Crippen molar-refractivity contribution in [2.24, 2.45) is 5.92 Å². The molecule has 0 radical (unpaired) electrons. The highest BCUT2D eigenvalue weighted by atomic mass is 79.9. The minimum Gasteiger partial charge on any atom is -0.313 e. The summed E-state index contributed by atoms with van der Waals surface area (Å²) in [6.07, 6.45) is 0.945. The molecule has 1 aliphatic rings. The molecule has 2 aromatic carbocycles. The molecule has 3 unspecified atom stereocenters. The lowest BCUT2D eigenvalue weighted by molar-refractivity contribution is 0.450. The first-order chi connectivity index (χ1) is 10.1. The van der Waals surface area contributed by atoms with Gasteiger partial charge < -0.3 is 5.32 Å². The molecule has 0 bridgehead atoms. The highest BCUT2D eigenvalue weighted by Gasteiger charge is 2.45. The Morgan fingerprint density at radius 1 is 1.14 bits per heavy atom. The van der Waals surface area contributed by atoms with Gasteiger partial charge in [0.2, 0.25) is 0 Å². The van der Waals surface area contributed by atoms with E-state index in [1.807, 2.05) is 18.2 Å². The van der Waals surface area contributed by atoms with Crippen molar-refractivity contribution in [2.75, 3.05) is 7.05 Å². The molecule has 3 atom stereocenters. The van der Waals surface area contributed by atoms with Crippen molar-refractivity contribution in [3.05, 3.63) is 69.7 Å². The van der Waals surface area contributed by atoms with E-state index >= 15 is 0 Å². The maximum absolute atomic E-state index is 14.3. The number of rotatable bonds is 4. The summed E-state index contributed by atoms with van der Waals surface area (Å²) in [5.41, 5.74) is 1.37. The van der Waals surface area contributed by atoms with E-state index in [0.29, 0.717) is 10.4 Å². The van der Waals surface area contributed by atoms with Gasteiger partial charge in [-0.25, -0.2) is 8.78 Å². The zero-order chi connectivity index (χ0) is 15.0. The first-order valence-electron chi connectivity index (χ1n) is 6.99. The lowest BCUT2D eigenvalue weighted by Crippen LogP contribution is -2.22. The van der Waals surface area contributed by atoms with E-state index in [2.05, 4.69) is 33.4 Å². The molecule has 1 N–H and O–H groups in total. The Morgan fingerprint density at radius 2 is 1.86 bits per heavy atom. The standard InChI is InChI=1S/C17H16BrF2N/c1-21-17(15-14(19)8-7-13(18)16(15)20)12-9-11(12)10-5-3-2-4-6-10/h2-8,11-12,17,21H,9H2,1H3. The minimum atomic E-state index is -0.506. The third-order valence-electron chi connectivity index (χ3n) is 4.20. The second-order valence-electron chi connectivity index (χ2n) is 5.44. The largest absolute Gasteiger partial charge is 0.313 e. The van der Waals surface area contributed by atoms with Crippen LogP contribution in [0.2, 0.25) is 0 Å². The molecule has 0 saturated heterocycles. The fourth-order valence-corrected chi connectivity index (χ4v) is 3.41. The second kappa shape index (κ2) is 5.85. The van der Waals surface area contributed by atoms with Crippen molar-refractivity contribution in [2.45, 2.75) is 18.4 Å². The summed E-state index contributed by atoms with van der Waals surface area (Å²) in [5.74, 6) is -0.418. The van der Waals surface area contributed by atoms with Crippen LogP contribution in [0.3, 0.4) is 0 Å². The molecule has 0 heterocycles. The van der Waals surface area contributed by atoms with Crippen LogP contribution in [0.5, 0.6) is 0 Å². The number of halogens is 3. The SMILES string of the molecule is CNC(c1c(F)ccc(Br)c1F)C1CC1c1ccccc1. The average Bonchev–Trinajstić information content (AvgIpc) is 3.29. The number of hydrogen-bond acceptors (Lipinski definition) is 1. The van der Waals surface area contributed by atoms with E-state index in [1.54, 1.807) is 7.05 Å². The molecule has 1 nitrogen and oxygen atoms in total. The summed E-state index contributed by atoms with van der Waals surface area (Å²) in [4.78, 5) is 0. The summed E-state index contributed by atoms with van der Waals surface area (Å²) in [6.45, 7) is 0. The van der Waals surface area contributed by atoms with Crippen LogP contribution in [0.4, 0.5) is 8.78 Å². The molecular formula is C17H16BrF2N. The Labute approximate surface area is 131 Å². The maximum atomic E-state index is 14.3. The van der Waals surface area contributed by atoms with Crippen molar-refractivity contribution >= 4 is 15.9 Å². The van der Waals surface area contributed by atoms with Gasteiger partial charge in [0.05, 0.1) is 4.47 Å². The quantitative estimate of drug-likeness (QED) is 0.780. The predicted molar refractivity (Wildman–Crippen MR) is 83.1 cm³/mol. The third-order valence-corrected chi connectivity index (χ3v) is 4.81. The van der Waals surface area contributed by atoms with E-state index in [9.17, 15) is 8.78 Å². The molecule has 0 spiro atoms. The van der Waals surface area contributed by atoms with Crippen molar-refractivity contribution in [3.63, 3.8) is 0 Å². The Balaban J connectivity index is 1.90. The molecule has 3 rings (SSSR count). The molecule has 1 fully saturated rings. The van der Waals surface area contributed by atoms with Crippen LogP contribution in [-0.2, 0) is 0 Å². The topological polar surface area (TPSA) is 12.0 Å². The van der Waals surface area contributed by atoms with E-state index < -0.39 is 11.6 Å². The van der Waals surface area contributed by atoms with E-state index in [4.69, 9.17) is 0 Å². The lowest BCUT2D eigenvalue weighted by atomic mass is 9.98. The van der Waals surface area contributed by atoms with E-state index in [-0.39, 0.29) is 17.5 Å². The zero-order valence-electron chi connectivity index (χ0n) is 11.6. The first kappa shape index (κ1) is 14.7. The normalized spacial score (nSPS) is 22.1. The molecule has 21 heavy (non-hydrogen) atoms. The van der Waals surface area contributed by atoms with Crippen LogP contribution in [0, 0.1) is 17.6 Å². The second-order valence-corrected chi connectivity index (χ2v) is 6.29. The van der Waals surface area contributed by atoms with Crippen LogP contribution in [0.1, 0.15) is 29.5 Å². The van der Waals surface area contributed by atoms with Gasteiger partial charge in [0.25, 0.3) is 0 Å². The van der Waals surface area contributed by atoms with Crippen molar-refractivity contribution < 1.29 is 8.78 Å². The number of benzene rings is 2. The third kappa shape index (κ3) is 2.74. The molecule has 0 amide bonds. The van der Waals surface area contributed by atoms with Crippen LogP contribution in [0.25, 0.3) is 0 Å². The molecule has 0 aliphatic heterocycles. The molecule has 1 aliphatic carbocycles. The van der Waals surface area contributed by atoms with Gasteiger partial charge in [-0.1, -0.05) is 30.3 Å².